The van der Waals surface area contributed by atoms with Crippen LogP contribution in [0.2, 0.25) is 5.28 Å². The molecule has 0 atom stereocenters. The van der Waals surface area contributed by atoms with E-state index in [1.165, 1.54) is 12.8 Å². The number of anilines is 1. The molecule has 0 amide bonds. The lowest BCUT2D eigenvalue weighted by Gasteiger charge is -2.13. The lowest BCUT2D eigenvalue weighted by atomic mass is 10.0. The summed E-state index contributed by atoms with van der Waals surface area (Å²) >= 11 is 6.09. The summed E-state index contributed by atoms with van der Waals surface area (Å²) in [5, 5.41) is 0.0280. The van der Waals surface area contributed by atoms with Crippen LogP contribution in [0.15, 0.2) is 35.5 Å². The molecule has 1 aromatic carbocycles. The van der Waals surface area contributed by atoms with Crippen LogP contribution in [-0.4, -0.2) is 27.9 Å². The van der Waals surface area contributed by atoms with Crippen molar-refractivity contribution in [2.24, 2.45) is 0 Å². The molecule has 0 unspecified atom stereocenters. The molecule has 1 saturated carbocycles. The zero-order valence-corrected chi connectivity index (χ0v) is 17.8. The van der Waals surface area contributed by atoms with Crippen molar-refractivity contribution in [2.75, 3.05) is 5.43 Å². The summed E-state index contributed by atoms with van der Waals surface area (Å²) < 4.78 is 27.3. The van der Waals surface area contributed by atoms with Crippen molar-refractivity contribution < 1.29 is 8.42 Å². The number of rotatable bonds is 6. The second kappa shape index (κ2) is 7.89. The molecule has 29 heavy (non-hydrogen) atoms. The number of hydrogen-bond donors (Lipinski definition) is 2. The van der Waals surface area contributed by atoms with Gasteiger partial charge in [-0.15, -0.1) is 4.83 Å². The monoisotopic (exact) mass is 434 g/mol. The van der Waals surface area contributed by atoms with Gasteiger partial charge in [-0.3, -0.25) is 5.43 Å². The summed E-state index contributed by atoms with van der Waals surface area (Å²) in [4.78, 5) is 15.3. The predicted molar refractivity (Wildman–Crippen MR) is 112 cm³/mol. The van der Waals surface area contributed by atoms with Crippen LogP contribution >= 0.6 is 11.6 Å². The highest BCUT2D eigenvalue weighted by molar-refractivity contribution is 7.89. The van der Waals surface area contributed by atoms with E-state index in [0.717, 1.165) is 18.4 Å². The van der Waals surface area contributed by atoms with Crippen molar-refractivity contribution in [3.63, 3.8) is 0 Å². The first kappa shape index (κ1) is 20.1. The van der Waals surface area contributed by atoms with E-state index < -0.39 is 10.0 Å². The van der Waals surface area contributed by atoms with Crippen molar-refractivity contribution in [3.05, 3.63) is 41.4 Å². The topological polar surface area (TPSA) is 102 Å². The van der Waals surface area contributed by atoms with Gasteiger partial charge in [-0.25, -0.2) is 13.4 Å². The Morgan fingerprint density at radius 2 is 1.83 bits per heavy atom. The molecule has 154 valence electrons. The second-order valence-corrected chi connectivity index (χ2v) is 9.58. The number of hydrogen-bond acceptors (Lipinski definition) is 6. The Hall–Kier alpha value is -2.23. The fourth-order valence-electron chi connectivity index (χ4n) is 3.63. The number of fused-ring (bicyclic) bond motifs is 1. The van der Waals surface area contributed by atoms with Crippen LogP contribution in [0.25, 0.3) is 11.2 Å². The third-order valence-electron chi connectivity index (χ3n) is 5.27. The molecule has 0 spiro atoms. The minimum absolute atomic E-state index is 0.0280. The van der Waals surface area contributed by atoms with Gasteiger partial charge in [0.05, 0.1) is 11.2 Å². The van der Waals surface area contributed by atoms with E-state index in [-0.39, 0.29) is 16.0 Å². The molecule has 3 aromatic rings. The lowest BCUT2D eigenvalue weighted by molar-refractivity contribution is 0.529. The van der Waals surface area contributed by atoms with Crippen molar-refractivity contribution in [3.8, 4) is 0 Å². The van der Waals surface area contributed by atoms with E-state index in [9.17, 15) is 8.42 Å². The maximum Gasteiger partial charge on any atom is 0.257 e. The van der Waals surface area contributed by atoms with Gasteiger partial charge in [0.1, 0.15) is 0 Å². The number of nitrogens with zero attached hydrogens (tertiary/aromatic N) is 4. The van der Waals surface area contributed by atoms with Gasteiger partial charge in [0.25, 0.3) is 10.0 Å². The second-order valence-electron chi connectivity index (χ2n) is 7.56. The summed E-state index contributed by atoms with van der Waals surface area (Å²) in [6.45, 7) is 4.11. The molecule has 0 radical (unpaired) electrons. The Labute approximate surface area is 174 Å². The van der Waals surface area contributed by atoms with Crippen LogP contribution in [0.5, 0.6) is 0 Å². The summed E-state index contributed by atoms with van der Waals surface area (Å²) in [6, 6.07) is 7.10. The Kier molecular flexibility index (Phi) is 5.46. The Morgan fingerprint density at radius 3 is 2.48 bits per heavy atom. The minimum atomic E-state index is -3.79. The van der Waals surface area contributed by atoms with E-state index in [0.29, 0.717) is 23.1 Å². The van der Waals surface area contributed by atoms with Crippen LogP contribution in [-0.2, 0) is 10.0 Å². The van der Waals surface area contributed by atoms with E-state index in [1.54, 1.807) is 18.5 Å². The van der Waals surface area contributed by atoms with Crippen LogP contribution in [0.3, 0.4) is 0 Å². The molecule has 1 aliphatic carbocycles. The molecule has 1 fully saturated rings. The largest absolute Gasteiger partial charge is 0.312 e. The zero-order chi connectivity index (χ0) is 20.6. The SMILES string of the molecule is CC(C)c1ccc(S(=O)(=O)NNc2nc(Cl)nc3c2ncn3C2CCCC2)cc1. The minimum Gasteiger partial charge on any atom is -0.312 e. The molecule has 8 nitrogen and oxygen atoms in total. The number of hydrazine groups is 1. The fraction of sp³-hybridized carbons (Fsp3) is 0.421. The first-order valence-electron chi connectivity index (χ1n) is 9.63. The van der Waals surface area contributed by atoms with Crippen LogP contribution in [0, 0.1) is 0 Å². The maximum atomic E-state index is 12.6. The molecule has 1 aliphatic rings. The summed E-state index contributed by atoms with van der Waals surface area (Å²) in [5.74, 6) is 0.545. The first-order chi connectivity index (χ1) is 13.8. The highest BCUT2D eigenvalue weighted by atomic mass is 35.5. The summed E-state index contributed by atoms with van der Waals surface area (Å²) in [6.07, 6.45) is 6.19. The third-order valence-corrected chi connectivity index (χ3v) is 6.71. The Bertz CT molecular complexity index is 1120. The highest BCUT2D eigenvalue weighted by Gasteiger charge is 2.22. The average molecular weight is 435 g/mol. The zero-order valence-electron chi connectivity index (χ0n) is 16.3. The maximum absolute atomic E-state index is 12.6. The van der Waals surface area contributed by atoms with Gasteiger partial charge in [0.15, 0.2) is 17.0 Å². The first-order valence-corrected chi connectivity index (χ1v) is 11.5. The van der Waals surface area contributed by atoms with E-state index in [2.05, 4.69) is 39.1 Å². The van der Waals surface area contributed by atoms with Gasteiger partial charge in [0.2, 0.25) is 5.28 Å². The van der Waals surface area contributed by atoms with Gasteiger partial charge in [0, 0.05) is 6.04 Å². The average Bonchev–Trinajstić information content (AvgIpc) is 3.35. The Morgan fingerprint density at radius 1 is 1.14 bits per heavy atom. The standard InChI is InChI=1S/C19H23ClN6O2S/c1-12(2)13-7-9-15(10-8-13)29(27,28)25-24-17-16-18(23-19(20)22-17)26(11-21-16)14-5-3-4-6-14/h7-12,14,25H,3-6H2,1-2H3,(H,22,23,24). The molecule has 0 saturated heterocycles. The summed E-state index contributed by atoms with van der Waals surface area (Å²) in [7, 11) is -3.79. The molecule has 0 aliphatic heterocycles. The number of imidazole rings is 1. The Balaban J connectivity index is 1.59. The van der Waals surface area contributed by atoms with E-state index >= 15 is 0 Å². The van der Waals surface area contributed by atoms with Gasteiger partial charge >= 0.3 is 0 Å². The molecular formula is C19H23ClN6O2S. The lowest BCUT2D eigenvalue weighted by Crippen LogP contribution is -2.30. The molecular weight excluding hydrogens is 412 g/mol. The number of aromatic nitrogens is 4. The predicted octanol–water partition coefficient (Wildman–Crippen LogP) is 4.02. The number of nitrogens with one attached hydrogen (secondary N) is 2. The molecule has 4 rings (SSSR count). The number of sulfonamides is 1. The smallest absolute Gasteiger partial charge is 0.257 e. The quantitative estimate of drug-likeness (QED) is 0.448. The van der Waals surface area contributed by atoms with Crippen molar-refractivity contribution in [1.29, 1.82) is 0 Å². The molecule has 2 N–H and O–H groups in total. The van der Waals surface area contributed by atoms with Gasteiger partial charge in [-0.2, -0.15) is 9.97 Å². The van der Waals surface area contributed by atoms with Crippen LogP contribution in [0.4, 0.5) is 5.82 Å². The van der Waals surface area contributed by atoms with Crippen molar-refractivity contribution in [2.45, 2.75) is 56.4 Å². The van der Waals surface area contributed by atoms with E-state index in [4.69, 9.17) is 11.6 Å². The van der Waals surface area contributed by atoms with Gasteiger partial charge in [-0.05, 0) is 48.1 Å². The molecule has 2 aromatic heterocycles. The van der Waals surface area contributed by atoms with Crippen molar-refractivity contribution in [1.82, 2.24) is 24.4 Å². The third kappa shape index (κ3) is 4.08. The highest BCUT2D eigenvalue weighted by Crippen LogP contribution is 2.32. The number of benzene rings is 1. The molecule has 2 heterocycles. The van der Waals surface area contributed by atoms with Crippen LogP contribution < -0.4 is 10.3 Å². The molecule has 0 bridgehead atoms. The summed E-state index contributed by atoms with van der Waals surface area (Å²) in [5.41, 5.74) is 4.80. The number of halogens is 1. The fourth-order valence-corrected chi connectivity index (χ4v) is 4.64. The molecule has 10 heteroatoms. The van der Waals surface area contributed by atoms with Gasteiger partial charge < -0.3 is 4.57 Å². The van der Waals surface area contributed by atoms with Crippen molar-refractivity contribution >= 4 is 38.6 Å². The van der Waals surface area contributed by atoms with Gasteiger partial charge in [-0.1, -0.05) is 38.8 Å². The normalized spacial score (nSPS) is 15.4. The van der Waals surface area contributed by atoms with Crippen LogP contribution in [0.1, 0.15) is 57.1 Å². The van der Waals surface area contributed by atoms with E-state index in [1.807, 2.05) is 16.7 Å².